The topological polar surface area (TPSA) is 52.4 Å². The lowest BCUT2D eigenvalue weighted by Crippen LogP contribution is -2.03. The average Bonchev–Trinajstić information content (AvgIpc) is 2.38. The van der Waals surface area contributed by atoms with Crippen molar-refractivity contribution >= 4 is 17.3 Å². The van der Waals surface area contributed by atoms with Crippen LogP contribution < -0.4 is 4.74 Å². The summed E-state index contributed by atoms with van der Waals surface area (Å²) in [6.07, 6.45) is 0. The van der Waals surface area contributed by atoms with E-state index >= 15 is 0 Å². The van der Waals surface area contributed by atoms with E-state index < -0.39 is 4.92 Å². The highest BCUT2D eigenvalue weighted by molar-refractivity contribution is 6.32. The first-order valence-electron chi connectivity index (χ1n) is 5.70. The van der Waals surface area contributed by atoms with Gasteiger partial charge >= 0.3 is 0 Å². The van der Waals surface area contributed by atoms with Gasteiger partial charge in [-0.05, 0) is 24.6 Å². The molecule has 2 aromatic rings. The zero-order valence-corrected chi connectivity index (χ0v) is 11.1. The molecule has 0 amide bonds. The van der Waals surface area contributed by atoms with Crippen LogP contribution in [0.4, 0.5) is 5.69 Å². The molecule has 2 aromatic carbocycles. The number of ether oxygens (including phenoxy) is 1. The lowest BCUT2D eigenvalue weighted by atomic mass is 10.1. The predicted molar refractivity (Wildman–Crippen MR) is 73.6 cm³/mol. The average molecular weight is 278 g/mol. The minimum absolute atomic E-state index is 0.0621. The summed E-state index contributed by atoms with van der Waals surface area (Å²) in [5.74, 6) is 0.515. The Morgan fingerprint density at radius 1 is 1.21 bits per heavy atom. The monoisotopic (exact) mass is 277 g/mol. The summed E-state index contributed by atoms with van der Waals surface area (Å²) in [6.45, 7) is 1.94. The van der Waals surface area contributed by atoms with Crippen LogP contribution in [0.2, 0.25) is 5.02 Å². The summed E-state index contributed by atoms with van der Waals surface area (Å²) in [7, 11) is 0. The van der Waals surface area contributed by atoms with E-state index in [9.17, 15) is 10.1 Å². The third-order valence-electron chi connectivity index (χ3n) is 2.79. The maximum atomic E-state index is 11.0. The van der Waals surface area contributed by atoms with E-state index in [1.54, 1.807) is 30.3 Å². The fourth-order valence-corrected chi connectivity index (χ4v) is 1.95. The number of nitro benzene ring substituents is 1. The van der Waals surface area contributed by atoms with Crippen LogP contribution in [0.5, 0.6) is 5.75 Å². The van der Waals surface area contributed by atoms with Crippen LogP contribution in [-0.4, -0.2) is 4.92 Å². The van der Waals surface area contributed by atoms with E-state index in [0.29, 0.717) is 16.3 Å². The van der Waals surface area contributed by atoms with Gasteiger partial charge in [-0.1, -0.05) is 35.9 Å². The van der Waals surface area contributed by atoms with E-state index in [2.05, 4.69) is 0 Å². The predicted octanol–water partition coefficient (Wildman–Crippen LogP) is 4.14. The van der Waals surface area contributed by atoms with E-state index in [0.717, 1.165) is 5.56 Å². The quantitative estimate of drug-likeness (QED) is 0.623. The van der Waals surface area contributed by atoms with Crippen LogP contribution in [0.1, 0.15) is 11.1 Å². The van der Waals surface area contributed by atoms with E-state index in [-0.39, 0.29) is 12.3 Å². The Morgan fingerprint density at radius 2 is 1.95 bits per heavy atom. The van der Waals surface area contributed by atoms with Crippen LogP contribution in [-0.2, 0) is 6.61 Å². The number of hydrogen-bond donors (Lipinski definition) is 0. The van der Waals surface area contributed by atoms with Gasteiger partial charge in [-0.15, -0.1) is 0 Å². The lowest BCUT2D eigenvalue weighted by Gasteiger charge is -2.10. The maximum Gasteiger partial charge on any atom is 0.276 e. The Kier molecular flexibility index (Phi) is 4.02. The zero-order chi connectivity index (χ0) is 13.8. The van der Waals surface area contributed by atoms with Gasteiger partial charge in [0, 0.05) is 6.07 Å². The standard InChI is InChI=1S/C14H12ClNO3/c1-10-5-4-7-13(16(17)18)11(10)9-19-14-8-3-2-6-12(14)15/h2-8H,9H2,1H3. The minimum Gasteiger partial charge on any atom is -0.487 e. The molecule has 2 rings (SSSR count). The minimum atomic E-state index is -0.404. The number of rotatable bonds is 4. The molecule has 0 atom stereocenters. The first kappa shape index (κ1) is 13.4. The fraction of sp³-hybridized carbons (Fsp3) is 0.143. The van der Waals surface area contributed by atoms with Crippen LogP contribution >= 0.6 is 11.6 Å². The summed E-state index contributed by atoms with van der Waals surface area (Å²) < 4.78 is 5.56. The number of halogens is 1. The molecule has 0 fully saturated rings. The summed E-state index contributed by atoms with van der Waals surface area (Å²) in [6, 6.07) is 12.0. The van der Waals surface area contributed by atoms with Crippen molar-refractivity contribution in [3.63, 3.8) is 0 Å². The van der Waals surface area contributed by atoms with E-state index in [1.165, 1.54) is 6.07 Å². The number of para-hydroxylation sites is 1. The van der Waals surface area contributed by atoms with E-state index in [4.69, 9.17) is 16.3 Å². The largest absolute Gasteiger partial charge is 0.487 e. The molecule has 0 saturated heterocycles. The fourth-order valence-electron chi connectivity index (χ4n) is 1.76. The molecule has 0 spiro atoms. The normalized spacial score (nSPS) is 10.2. The second-order valence-corrected chi connectivity index (χ2v) is 4.46. The van der Waals surface area contributed by atoms with Gasteiger partial charge in [-0.3, -0.25) is 10.1 Å². The molecule has 0 N–H and O–H groups in total. The molecule has 98 valence electrons. The summed E-state index contributed by atoms with van der Waals surface area (Å²) in [5.41, 5.74) is 1.45. The highest BCUT2D eigenvalue weighted by Crippen LogP contribution is 2.27. The third-order valence-corrected chi connectivity index (χ3v) is 3.10. The van der Waals surface area contributed by atoms with Gasteiger partial charge in [-0.2, -0.15) is 0 Å². The Morgan fingerprint density at radius 3 is 2.63 bits per heavy atom. The molecule has 0 aliphatic heterocycles. The zero-order valence-electron chi connectivity index (χ0n) is 10.3. The van der Waals surface area contributed by atoms with Gasteiger partial charge in [0.2, 0.25) is 0 Å². The van der Waals surface area contributed by atoms with Gasteiger partial charge < -0.3 is 4.74 Å². The molecule has 0 bridgehead atoms. The van der Waals surface area contributed by atoms with Crippen molar-refractivity contribution in [2.45, 2.75) is 13.5 Å². The van der Waals surface area contributed by atoms with Crippen LogP contribution in [0.3, 0.4) is 0 Å². The van der Waals surface area contributed by atoms with Gasteiger partial charge in [0.05, 0.1) is 15.5 Å². The molecule has 0 aromatic heterocycles. The Hall–Kier alpha value is -2.07. The first-order chi connectivity index (χ1) is 9.09. The van der Waals surface area contributed by atoms with Crippen molar-refractivity contribution in [3.05, 3.63) is 68.7 Å². The van der Waals surface area contributed by atoms with Crippen molar-refractivity contribution in [1.29, 1.82) is 0 Å². The first-order valence-corrected chi connectivity index (χ1v) is 6.07. The SMILES string of the molecule is Cc1cccc([N+](=O)[O-])c1COc1ccccc1Cl. The number of benzene rings is 2. The molecule has 0 aliphatic rings. The third kappa shape index (κ3) is 3.03. The van der Waals surface area contributed by atoms with Crippen LogP contribution in [0.15, 0.2) is 42.5 Å². The van der Waals surface area contributed by atoms with Crippen molar-refractivity contribution in [2.75, 3.05) is 0 Å². The molecule has 5 heteroatoms. The molecule has 19 heavy (non-hydrogen) atoms. The molecule has 0 aliphatic carbocycles. The van der Waals surface area contributed by atoms with Crippen LogP contribution in [0.25, 0.3) is 0 Å². The second-order valence-electron chi connectivity index (χ2n) is 4.05. The van der Waals surface area contributed by atoms with Gasteiger partial charge in [0.1, 0.15) is 12.4 Å². The van der Waals surface area contributed by atoms with Gasteiger partial charge in [0.25, 0.3) is 5.69 Å². The lowest BCUT2D eigenvalue weighted by molar-refractivity contribution is -0.385. The molecular formula is C14H12ClNO3. The van der Waals surface area contributed by atoms with Gasteiger partial charge in [0.15, 0.2) is 0 Å². The molecular weight excluding hydrogens is 266 g/mol. The van der Waals surface area contributed by atoms with Crippen molar-refractivity contribution in [2.24, 2.45) is 0 Å². The summed E-state index contributed by atoms with van der Waals surface area (Å²) in [5, 5.41) is 11.5. The number of aryl methyl sites for hydroxylation is 1. The number of nitrogens with zero attached hydrogens (tertiary/aromatic N) is 1. The molecule has 0 unspecified atom stereocenters. The smallest absolute Gasteiger partial charge is 0.276 e. The number of hydrogen-bond acceptors (Lipinski definition) is 3. The Bertz CT molecular complexity index is 613. The van der Waals surface area contributed by atoms with Crippen molar-refractivity contribution < 1.29 is 9.66 Å². The number of nitro groups is 1. The highest BCUT2D eigenvalue weighted by atomic mass is 35.5. The maximum absolute atomic E-state index is 11.0. The van der Waals surface area contributed by atoms with Crippen molar-refractivity contribution in [1.82, 2.24) is 0 Å². The highest BCUT2D eigenvalue weighted by Gasteiger charge is 2.16. The van der Waals surface area contributed by atoms with Crippen molar-refractivity contribution in [3.8, 4) is 5.75 Å². The molecule has 0 saturated carbocycles. The van der Waals surface area contributed by atoms with Crippen LogP contribution in [0, 0.1) is 17.0 Å². The van der Waals surface area contributed by atoms with E-state index in [1.807, 2.05) is 13.0 Å². The molecule has 0 heterocycles. The second kappa shape index (κ2) is 5.71. The summed E-state index contributed by atoms with van der Waals surface area (Å²) >= 11 is 5.97. The molecule has 4 nitrogen and oxygen atoms in total. The Balaban J connectivity index is 2.25. The molecule has 0 radical (unpaired) electrons. The Labute approximate surface area is 115 Å². The van der Waals surface area contributed by atoms with Gasteiger partial charge in [-0.25, -0.2) is 0 Å². The summed E-state index contributed by atoms with van der Waals surface area (Å²) in [4.78, 5) is 10.6.